The minimum atomic E-state index is -0.287. The molecule has 0 spiro atoms. The van der Waals surface area contributed by atoms with Crippen LogP contribution in [0.3, 0.4) is 0 Å². The zero-order valence-electron chi connectivity index (χ0n) is 15.3. The molecule has 0 unspecified atom stereocenters. The maximum Gasteiger partial charge on any atom is 0.237 e. The average molecular weight is 351 g/mol. The molecule has 1 aliphatic rings. The van der Waals surface area contributed by atoms with E-state index in [1.165, 1.54) is 0 Å². The number of carbonyl (C=O) groups is 1. The van der Waals surface area contributed by atoms with Crippen LogP contribution in [-0.4, -0.2) is 47.0 Å². The fourth-order valence-corrected chi connectivity index (χ4v) is 3.15. The van der Waals surface area contributed by atoms with Gasteiger partial charge in [0.05, 0.1) is 18.1 Å². The molecule has 1 fully saturated rings. The van der Waals surface area contributed by atoms with Gasteiger partial charge in [-0.25, -0.2) is 4.98 Å². The van der Waals surface area contributed by atoms with Crippen molar-refractivity contribution >= 4 is 22.6 Å². The maximum absolute atomic E-state index is 12.4. The smallest absolute Gasteiger partial charge is 0.237 e. The molecule has 0 radical (unpaired) electrons. The number of amides is 1. The number of para-hydroxylation sites is 1. The van der Waals surface area contributed by atoms with Gasteiger partial charge in [-0.1, -0.05) is 18.2 Å². The van der Waals surface area contributed by atoms with E-state index in [1.807, 2.05) is 50.2 Å². The highest BCUT2D eigenvalue weighted by Crippen LogP contribution is 2.17. The number of nitrogens with one attached hydrogen (secondary N) is 2. The molecule has 0 saturated carbocycles. The molecular formula is C20H25N5O. The zero-order chi connectivity index (χ0) is 18.6. The summed E-state index contributed by atoms with van der Waals surface area (Å²) in [4.78, 5) is 18.7. The van der Waals surface area contributed by atoms with Gasteiger partial charge in [0.15, 0.2) is 0 Å². The van der Waals surface area contributed by atoms with E-state index < -0.39 is 0 Å². The van der Waals surface area contributed by atoms with Crippen LogP contribution in [0.4, 0.5) is 5.82 Å². The Morgan fingerprint density at radius 3 is 2.96 bits per heavy atom. The third-order valence-electron chi connectivity index (χ3n) is 4.75. The Labute approximate surface area is 154 Å². The van der Waals surface area contributed by atoms with E-state index in [0.717, 1.165) is 29.6 Å². The number of benzene rings is 1. The van der Waals surface area contributed by atoms with Crippen molar-refractivity contribution in [3.63, 3.8) is 0 Å². The van der Waals surface area contributed by atoms with Crippen LogP contribution < -0.4 is 10.6 Å². The number of hydrogen-bond acceptors (Lipinski definition) is 5. The highest BCUT2D eigenvalue weighted by Gasteiger charge is 2.29. The van der Waals surface area contributed by atoms with Crippen molar-refractivity contribution in [2.75, 3.05) is 25.0 Å². The van der Waals surface area contributed by atoms with Crippen LogP contribution in [0.25, 0.3) is 10.9 Å². The molecule has 6 nitrogen and oxygen atoms in total. The van der Waals surface area contributed by atoms with E-state index in [2.05, 4.69) is 21.7 Å². The second kappa shape index (κ2) is 7.71. The molecule has 1 amide bonds. The van der Waals surface area contributed by atoms with E-state index in [4.69, 9.17) is 5.26 Å². The highest BCUT2D eigenvalue weighted by atomic mass is 16.2. The van der Waals surface area contributed by atoms with Crippen LogP contribution in [0.2, 0.25) is 0 Å². The molecule has 26 heavy (non-hydrogen) atoms. The second-order valence-electron chi connectivity index (χ2n) is 7.35. The third-order valence-corrected chi connectivity index (χ3v) is 4.75. The van der Waals surface area contributed by atoms with Gasteiger partial charge < -0.3 is 15.5 Å². The lowest BCUT2D eigenvalue weighted by Gasteiger charge is -2.28. The Morgan fingerprint density at radius 1 is 1.35 bits per heavy atom. The molecule has 2 aromatic rings. The number of nitrogens with zero attached hydrogens (tertiary/aromatic N) is 3. The molecule has 2 N–H and O–H groups in total. The van der Waals surface area contributed by atoms with Crippen LogP contribution in [0, 0.1) is 11.3 Å². The van der Waals surface area contributed by atoms with Crippen molar-refractivity contribution < 1.29 is 4.79 Å². The van der Waals surface area contributed by atoms with Crippen LogP contribution in [0.15, 0.2) is 36.4 Å². The summed E-state index contributed by atoms with van der Waals surface area (Å²) in [5, 5.41) is 16.9. The fourth-order valence-electron chi connectivity index (χ4n) is 3.15. The SMILES string of the molecule is CC(C)(CNc1ccc2ccccc2n1)NCC(=O)N1CCC[C@H]1C#N. The van der Waals surface area contributed by atoms with Crippen LogP contribution >= 0.6 is 0 Å². The minimum absolute atomic E-state index is 0.00837. The molecule has 0 bridgehead atoms. The number of fused-ring (bicyclic) bond motifs is 1. The van der Waals surface area contributed by atoms with Gasteiger partial charge in [0.1, 0.15) is 11.9 Å². The van der Waals surface area contributed by atoms with Crippen molar-refractivity contribution in [1.82, 2.24) is 15.2 Å². The number of rotatable bonds is 6. The first-order valence-electron chi connectivity index (χ1n) is 9.02. The standard InChI is InChI=1S/C20H25N5O/c1-20(2,23-13-19(26)25-11-5-7-16(25)12-21)14-22-18-10-9-15-6-3-4-8-17(15)24-18/h3-4,6,8-10,16,23H,5,7,11,13-14H2,1-2H3,(H,22,24)/t16-/m0/s1. The van der Waals surface area contributed by atoms with Gasteiger partial charge in [-0.2, -0.15) is 5.26 Å². The lowest BCUT2D eigenvalue weighted by Crippen LogP contribution is -2.50. The van der Waals surface area contributed by atoms with Gasteiger partial charge in [0, 0.05) is 24.0 Å². The summed E-state index contributed by atoms with van der Waals surface area (Å²) in [5.74, 6) is 0.806. The summed E-state index contributed by atoms with van der Waals surface area (Å²) in [7, 11) is 0. The molecule has 136 valence electrons. The summed E-state index contributed by atoms with van der Waals surface area (Å²) < 4.78 is 0. The number of nitriles is 1. The lowest BCUT2D eigenvalue weighted by molar-refractivity contribution is -0.130. The Bertz CT molecular complexity index is 826. The third kappa shape index (κ3) is 4.30. The summed E-state index contributed by atoms with van der Waals surface area (Å²) >= 11 is 0. The van der Waals surface area contributed by atoms with Crippen molar-refractivity contribution in [2.45, 2.75) is 38.3 Å². The second-order valence-corrected chi connectivity index (χ2v) is 7.35. The average Bonchev–Trinajstić information content (AvgIpc) is 3.13. The van der Waals surface area contributed by atoms with E-state index >= 15 is 0 Å². The van der Waals surface area contributed by atoms with Gasteiger partial charge in [-0.3, -0.25) is 4.79 Å². The van der Waals surface area contributed by atoms with Crippen LogP contribution in [0.5, 0.6) is 0 Å². The van der Waals surface area contributed by atoms with Crippen LogP contribution in [-0.2, 0) is 4.79 Å². The van der Waals surface area contributed by atoms with E-state index in [-0.39, 0.29) is 24.0 Å². The van der Waals surface area contributed by atoms with Crippen LogP contribution in [0.1, 0.15) is 26.7 Å². The lowest BCUT2D eigenvalue weighted by atomic mass is 10.1. The van der Waals surface area contributed by atoms with E-state index in [0.29, 0.717) is 13.1 Å². The Balaban J connectivity index is 1.53. The van der Waals surface area contributed by atoms with Gasteiger partial charge in [0.25, 0.3) is 0 Å². The first kappa shape index (κ1) is 18.2. The van der Waals surface area contributed by atoms with E-state index in [1.54, 1.807) is 4.90 Å². The first-order valence-corrected chi connectivity index (χ1v) is 9.02. The largest absolute Gasteiger partial charge is 0.368 e. The molecule has 2 heterocycles. The number of pyridine rings is 1. The summed E-state index contributed by atoms with van der Waals surface area (Å²) in [6.07, 6.45) is 1.68. The molecule has 6 heteroatoms. The van der Waals surface area contributed by atoms with Crippen molar-refractivity contribution in [1.29, 1.82) is 5.26 Å². The number of hydrogen-bond donors (Lipinski definition) is 2. The first-order chi connectivity index (χ1) is 12.5. The monoisotopic (exact) mass is 351 g/mol. The Kier molecular flexibility index (Phi) is 5.38. The molecule has 0 aliphatic carbocycles. The molecule has 1 atom stereocenters. The predicted octanol–water partition coefficient (Wildman–Crippen LogP) is 2.53. The maximum atomic E-state index is 12.4. The summed E-state index contributed by atoms with van der Waals surface area (Å²) in [5.41, 5.74) is 0.667. The van der Waals surface area contributed by atoms with Crippen molar-refractivity contribution in [3.8, 4) is 6.07 Å². The highest BCUT2D eigenvalue weighted by molar-refractivity contribution is 5.80. The quantitative estimate of drug-likeness (QED) is 0.836. The topological polar surface area (TPSA) is 81.1 Å². The molecule has 1 aromatic carbocycles. The predicted molar refractivity (Wildman–Crippen MR) is 103 cm³/mol. The minimum Gasteiger partial charge on any atom is -0.368 e. The van der Waals surface area contributed by atoms with Gasteiger partial charge in [0.2, 0.25) is 5.91 Å². The summed E-state index contributed by atoms with van der Waals surface area (Å²) in [6.45, 7) is 5.63. The van der Waals surface area contributed by atoms with E-state index in [9.17, 15) is 4.79 Å². The number of likely N-dealkylation sites (tertiary alicyclic amines) is 1. The van der Waals surface area contributed by atoms with Crippen molar-refractivity contribution in [2.24, 2.45) is 0 Å². The normalized spacial score (nSPS) is 17.3. The molecule has 1 saturated heterocycles. The van der Waals surface area contributed by atoms with Gasteiger partial charge in [-0.05, 0) is 44.9 Å². The van der Waals surface area contributed by atoms with Crippen molar-refractivity contribution in [3.05, 3.63) is 36.4 Å². The van der Waals surface area contributed by atoms with Gasteiger partial charge >= 0.3 is 0 Å². The number of anilines is 1. The Hall–Kier alpha value is -2.65. The fraction of sp³-hybridized carbons (Fsp3) is 0.450. The van der Waals surface area contributed by atoms with Gasteiger partial charge in [-0.15, -0.1) is 0 Å². The molecule has 1 aliphatic heterocycles. The molecular weight excluding hydrogens is 326 g/mol. The number of carbonyl (C=O) groups excluding carboxylic acids is 1. The summed E-state index contributed by atoms with van der Waals surface area (Å²) in [6, 6.07) is 14.0. The molecule has 3 rings (SSSR count). The molecule has 1 aromatic heterocycles. The zero-order valence-corrected chi connectivity index (χ0v) is 15.3. The Morgan fingerprint density at radius 2 is 2.15 bits per heavy atom. The number of aromatic nitrogens is 1.